The van der Waals surface area contributed by atoms with Gasteiger partial charge >= 0.3 is 0 Å². The van der Waals surface area contributed by atoms with Gasteiger partial charge in [-0.15, -0.1) is 11.3 Å². The van der Waals surface area contributed by atoms with Crippen LogP contribution in [-0.4, -0.2) is 9.97 Å². The smallest absolute Gasteiger partial charge is 0.171 e. The molecule has 2 rings (SSSR count). The van der Waals surface area contributed by atoms with Gasteiger partial charge in [-0.2, -0.15) is 0 Å². The Morgan fingerprint density at radius 2 is 2.06 bits per heavy atom. The second-order valence-corrected chi connectivity index (χ2v) is 6.26. The molecule has 2 aromatic heterocycles. The molecular formula is C11H12BrN3S. The maximum atomic E-state index is 5.78. The molecule has 16 heavy (non-hydrogen) atoms. The van der Waals surface area contributed by atoms with Crippen molar-refractivity contribution in [2.75, 3.05) is 5.73 Å². The first-order valence-electron chi connectivity index (χ1n) is 4.96. The van der Waals surface area contributed by atoms with Crippen molar-refractivity contribution in [3.05, 3.63) is 27.7 Å². The highest BCUT2D eigenvalue weighted by Crippen LogP contribution is 2.30. The lowest BCUT2D eigenvalue weighted by atomic mass is 10.1. The highest BCUT2D eigenvalue weighted by atomic mass is 79.9. The molecule has 0 saturated carbocycles. The van der Waals surface area contributed by atoms with E-state index < -0.39 is 0 Å². The van der Waals surface area contributed by atoms with E-state index in [-0.39, 0.29) is 0 Å². The van der Waals surface area contributed by atoms with Crippen molar-refractivity contribution in [2.45, 2.75) is 19.8 Å². The van der Waals surface area contributed by atoms with Gasteiger partial charge in [-0.05, 0) is 34.0 Å². The summed E-state index contributed by atoms with van der Waals surface area (Å²) in [5.74, 6) is 1.59. The fourth-order valence-corrected chi connectivity index (χ4v) is 2.65. The van der Waals surface area contributed by atoms with Crippen molar-refractivity contribution in [2.24, 2.45) is 0 Å². The maximum absolute atomic E-state index is 5.78. The van der Waals surface area contributed by atoms with Gasteiger partial charge in [0.25, 0.3) is 0 Å². The summed E-state index contributed by atoms with van der Waals surface area (Å²) in [5, 5.41) is 0. The Labute approximate surface area is 107 Å². The minimum absolute atomic E-state index is 0.354. The third-order valence-electron chi connectivity index (χ3n) is 2.15. The summed E-state index contributed by atoms with van der Waals surface area (Å²) in [7, 11) is 0. The average Bonchev–Trinajstić information content (AvgIpc) is 2.64. The maximum Gasteiger partial charge on any atom is 0.171 e. The van der Waals surface area contributed by atoms with Crippen LogP contribution in [0.25, 0.3) is 10.7 Å². The molecule has 84 valence electrons. The second-order valence-electron chi connectivity index (χ2n) is 3.80. The quantitative estimate of drug-likeness (QED) is 0.920. The Balaban J connectivity index is 2.49. The van der Waals surface area contributed by atoms with Gasteiger partial charge in [-0.25, -0.2) is 9.97 Å². The lowest BCUT2D eigenvalue weighted by Gasteiger charge is -2.06. The first-order chi connectivity index (χ1) is 7.56. The number of rotatable bonds is 2. The highest BCUT2D eigenvalue weighted by Gasteiger charge is 2.09. The fraction of sp³-hybridized carbons (Fsp3) is 0.273. The SMILES string of the molecule is CC(C)c1cc(N)nc(-c2ccc(Br)s2)n1. The Hall–Kier alpha value is -0.940. The van der Waals surface area contributed by atoms with E-state index >= 15 is 0 Å². The van der Waals surface area contributed by atoms with E-state index in [1.54, 1.807) is 11.3 Å². The number of hydrogen-bond acceptors (Lipinski definition) is 4. The molecule has 0 fully saturated rings. The number of anilines is 1. The van der Waals surface area contributed by atoms with Gasteiger partial charge in [0.05, 0.1) is 8.66 Å². The zero-order chi connectivity index (χ0) is 11.7. The van der Waals surface area contributed by atoms with Crippen molar-refractivity contribution >= 4 is 33.1 Å². The molecule has 0 amide bonds. The van der Waals surface area contributed by atoms with Crippen molar-refractivity contribution in [1.82, 2.24) is 9.97 Å². The summed E-state index contributed by atoms with van der Waals surface area (Å²) in [5.41, 5.74) is 6.76. The first-order valence-corrected chi connectivity index (χ1v) is 6.57. The summed E-state index contributed by atoms with van der Waals surface area (Å²) in [6.45, 7) is 4.19. The van der Waals surface area contributed by atoms with Gasteiger partial charge < -0.3 is 5.73 Å². The molecule has 0 spiro atoms. The molecule has 0 unspecified atom stereocenters. The number of hydrogen-bond donors (Lipinski definition) is 1. The minimum Gasteiger partial charge on any atom is -0.384 e. The largest absolute Gasteiger partial charge is 0.384 e. The van der Waals surface area contributed by atoms with E-state index in [9.17, 15) is 0 Å². The molecule has 2 heterocycles. The molecule has 0 saturated heterocycles. The van der Waals surface area contributed by atoms with Crippen molar-refractivity contribution in [3.63, 3.8) is 0 Å². The Bertz CT molecular complexity index is 508. The topological polar surface area (TPSA) is 51.8 Å². The summed E-state index contributed by atoms with van der Waals surface area (Å²) < 4.78 is 1.07. The van der Waals surface area contributed by atoms with Gasteiger partial charge in [-0.3, -0.25) is 0 Å². The molecule has 5 heteroatoms. The molecule has 0 radical (unpaired) electrons. The number of nitrogens with zero attached hydrogens (tertiary/aromatic N) is 2. The molecule has 0 aromatic carbocycles. The van der Waals surface area contributed by atoms with Crippen LogP contribution in [-0.2, 0) is 0 Å². The molecule has 2 N–H and O–H groups in total. The van der Waals surface area contributed by atoms with Crippen LogP contribution in [0.2, 0.25) is 0 Å². The number of nitrogen functional groups attached to an aromatic ring is 1. The van der Waals surface area contributed by atoms with E-state index in [1.165, 1.54) is 0 Å². The molecule has 3 nitrogen and oxygen atoms in total. The van der Waals surface area contributed by atoms with Gasteiger partial charge in [0.1, 0.15) is 5.82 Å². The van der Waals surface area contributed by atoms with E-state index in [2.05, 4.69) is 39.7 Å². The molecule has 0 bridgehead atoms. The fourth-order valence-electron chi connectivity index (χ4n) is 1.33. The van der Waals surface area contributed by atoms with Crippen LogP contribution in [0.4, 0.5) is 5.82 Å². The number of halogens is 1. The summed E-state index contributed by atoms with van der Waals surface area (Å²) >= 11 is 5.03. The average molecular weight is 298 g/mol. The Morgan fingerprint density at radius 3 is 2.62 bits per heavy atom. The summed E-state index contributed by atoms with van der Waals surface area (Å²) in [6.07, 6.45) is 0. The normalized spacial score (nSPS) is 11.0. The molecule has 0 aliphatic rings. The van der Waals surface area contributed by atoms with Crippen LogP contribution >= 0.6 is 27.3 Å². The van der Waals surface area contributed by atoms with Crippen molar-refractivity contribution < 1.29 is 0 Å². The standard InChI is InChI=1S/C11H12BrN3S/c1-6(2)7-5-10(13)15-11(14-7)8-3-4-9(12)16-8/h3-6H,1-2H3,(H2,13,14,15). The Morgan fingerprint density at radius 1 is 1.31 bits per heavy atom. The van der Waals surface area contributed by atoms with Crippen LogP contribution in [0.1, 0.15) is 25.5 Å². The van der Waals surface area contributed by atoms with E-state index in [4.69, 9.17) is 5.73 Å². The third kappa shape index (κ3) is 2.41. The van der Waals surface area contributed by atoms with Gasteiger partial charge in [0.2, 0.25) is 0 Å². The van der Waals surface area contributed by atoms with E-state index in [0.717, 1.165) is 14.4 Å². The number of thiophene rings is 1. The summed E-state index contributed by atoms with van der Waals surface area (Å²) in [4.78, 5) is 9.80. The van der Waals surface area contributed by atoms with Crippen LogP contribution in [0.5, 0.6) is 0 Å². The molecule has 0 atom stereocenters. The number of aromatic nitrogens is 2. The van der Waals surface area contributed by atoms with E-state index in [1.807, 2.05) is 18.2 Å². The lowest BCUT2D eigenvalue weighted by molar-refractivity contribution is 0.819. The minimum atomic E-state index is 0.354. The molecule has 2 aromatic rings. The van der Waals surface area contributed by atoms with Crippen molar-refractivity contribution in [3.8, 4) is 10.7 Å². The zero-order valence-electron chi connectivity index (χ0n) is 9.07. The molecule has 0 aliphatic heterocycles. The van der Waals surface area contributed by atoms with E-state index in [0.29, 0.717) is 17.6 Å². The summed E-state index contributed by atoms with van der Waals surface area (Å²) in [6, 6.07) is 5.81. The monoisotopic (exact) mass is 297 g/mol. The van der Waals surface area contributed by atoms with Crippen LogP contribution in [0.15, 0.2) is 22.0 Å². The number of nitrogens with two attached hydrogens (primary N) is 1. The molecule has 0 aliphatic carbocycles. The Kier molecular flexibility index (Phi) is 3.25. The van der Waals surface area contributed by atoms with Gasteiger partial charge in [0, 0.05) is 11.8 Å². The van der Waals surface area contributed by atoms with Crippen molar-refractivity contribution in [1.29, 1.82) is 0 Å². The second kappa shape index (κ2) is 4.51. The van der Waals surface area contributed by atoms with Crippen LogP contribution < -0.4 is 5.73 Å². The first kappa shape index (κ1) is 11.5. The van der Waals surface area contributed by atoms with Gasteiger partial charge in [0.15, 0.2) is 5.82 Å². The van der Waals surface area contributed by atoms with Gasteiger partial charge in [-0.1, -0.05) is 13.8 Å². The predicted molar refractivity (Wildman–Crippen MR) is 71.5 cm³/mol. The predicted octanol–water partition coefficient (Wildman–Crippen LogP) is 3.67. The third-order valence-corrected chi connectivity index (χ3v) is 3.77. The molecular weight excluding hydrogens is 286 g/mol. The van der Waals surface area contributed by atoms with Crippen LogP contribution in [0.3, 0.4) is 0 Å². The lowest BCUT2D eigenvalue weighted by Crippen LogP contribution is -2.00. The zero-order valence-corrected chi connectivity index (χ0v) is 11.5. The highest BCUT2D eigenvalue weighted by molar-refractivity contribution is 9.11. The van der Waals surface area contributed by atoms with Crippen LogP contribution in [0, 0.1) is 0 Å².